The minimum Gasteiger partial charge on any atom is -0.352 e. The topological polar surface area (TPSA) is 81.1 Å². The van der Waals surface area contributed by atoms with Gasteiger partial charge in [-0.05, 0) is 20.3 Å². The highest BCUT2D eigenvalue weighted by Crippen LogP contribution is 2.26. The lowest BCUT2D eigenvalue weighted by Crippen LogP contribution is -2.22. The number of carbonyl (C=O) groups is 1. The summed E-state index contributed by atoms with van der Waals surface area (Å²) in [5.74, 6) is 0.396. The molecule has 2 heterocycles. The molecule has 0 saturated carbocycles. The summed E-state index contributed by atoms with van der Waals surface area (Å²) in [6.07, 6.45) is 1.07. The first kappa shape index (κ1) is 15.0. The van der Waals surface area contributed by atoms with E-state index in [0.717, 1.165) is 17.0 Å². The van der Waals surface area contributed by atoms with Crippen molar-refractivity contribution in [3.63, 3.8) is 0 Å². The van der Waals surface area contributed by atoms with E-state index >= 15 is 0 Å². The second kappa shape index (κ2) is 5.55. The minimum atomic E-state index is -2.92. The lowest BCUT2D eigenvalue weighted by atomic mass is 10.2. The Labute approximate surface area is 119 Å². The molecule has 0 radical (unpaired) electrons. The van der Waals surface area contributed by atoms with Gasteiger partial charge in [-0.15, -0.1) is 0 Å². The molecule has 1 atom stereocenters. The summed E-state index contributed by atoms with van der Waals surface area (Å²) in [5, 5.41) is 7.30. The zero-order valence-corrected chi connectivity index (χ0v) is 13.0. The van der Waals surface area contributed by atoms with Gasteiger partial charge in [0.2, 0.25) is 5.91 Å². The van der Waals surface area contributed by atoms with E-state index in [4.69, 9.17) is 0 Å². The van der Waals surface area contributed by atoms with Crippen LogP contribution in [0.25, 0.3) is 0 Å². The maximum Gasteiger partial charge on any atom is 0.219 e. The number of carbonyl (C=O) groups excluding carboxylic acids is 1. The molecule has 0 bridgehead atoms. The van der Waals surface area contributed by atoms with Crippen LogP contribution in [-0.4, -0.2) is 35.6 Å². The number of aryl methyl sites for hydroxylation is 1. The summed E-state index contributed by atoms with van der Waals surface area (Å²) >= 11 is 0. The molecule has 0 aliphatic carbocycles. The van der Waals surface area contributed by atoms with Crippen LogP contribution in [0, 0.1) is 13.8 Å². The normalized spacial score (nSPS) is 21.1. The Morgan fingerprint density at radius 2 is 2.15 bits per heavy atom. The number of rotatable bonds is 4. The van der Waals surface area contributed by atoms with E-state index in [1.54, 1.807) is 0 Å². The molecular weight excluding hydrogens is 278 g/mol. The molecule has 2 rings (SSSR count). The maximum absolute atomic E-state index is 11.6. The molecule has 7 heteroatoms. The number of sulfone groups is 1. The number of aromatic nitrogens is 2. The van der Waals surface area contributed by atoms with Crippen molar-refractivity contribution in [2.24, 2.45) is 0 Å². The lowest BCUT2D eigenvalue weighted by Gasteiger charge is -2.11. The zero-order chi connectivity index (χ0) is 14.9. The molecule has 1 aromatic rings. The van der Waals surface area contributed by atoms with Crippen LogP contribution in [0.3, 0.4) is 0 Å². The Bertz CT molecular complexity index is 619. The Hall–Kier alpha value is -1.37. The molecular formula is C13H21N3O3S. The van der Waals surface area contributed by atoms with E-state index in [1.165, 1.54) is 0 Å². The molecule has 1 fully saturated rings. The van der Waals surface area contributed by atoms with Crippen LogP contribution in [0.1, 0.15) is 42.8 Å². The fraction of sp³-hybridized carbons (Fsp3) is 0.692. The number of hydrogen-bond donors (Lipinski definition) is 1. The van der Waals surface area contributed by atoms with Crippen molar-refractivity contribution >= 4 is 15.7 Å². The SMILES string of the molecule is CCC(=O)NCc1c(C)nn([C@@H]2CCS(=O)(=O)C2)c1C. The molecule has 0 aromatic carbocycles. The quantitative estimate of drug-likeness (QED) is 0.895. The second-order valence-corrected chi connectivity index (χ2v) is 7.51. The van der Waals surface area contributed by atoms with E-state index < -0.39 is 9.84 Å². The Balaban J connectivity index is 2.19. The van der Waals surface area contributed by atoms with Crippen molar-refractivity contribution in [3.05, 3.63) is 17.0 Å². The third-order valence-electron chi connectivity index (χ3n) is 3.81. The van der Waals surface area contributed by atoms with Crippen LogP contribution in [0.4, 0.5) is 0 Å². The molecule has 1 amide bonds. The van der Waals surface area contributed by atoms with Gasteiger partial charge in [0.25, 0.3) is 0 Å². The molecule has 112 valence electrons. The predicted molar refractivity (Wildman–Crippen MR) is 76.1 cm³/mol. The number of hydrogen-bond acceptors (Lipinski definition) is 4. The second-order valence-electron chi connectivity index (χ2n) is 5.28. The molecule has 6 nitrogen and oxygen atoms in total. The fourth-order valence-electron chi connectivity index (χ4n) is 2.59. The summed E-state index contributed by atoms with van der Waals surface area (Å²) in [4.78, 5) is 11.3. The highest BCUT2D eigenvalue weighted by atomic mass is 32.2. The van der Waals surface area contributed by atoms with Crippen molar-refractivity contribution in [1.29, 1.82) is 0 Å². The maximum atomic E-state index is 11.6. The first-order valence-electron chi connectivity index (χ1n) is 6.85. The van der Waals surface area contributed by atoms with Gasteiger partial charge in [0.05, 0.1) is 23.2 Å². The lowest BCUT2D eigenvalue weighted by molar-refractivity contribution is -0.120. The van der Waals surface area contributed by atoms with E-state index in [9.17, 15) is 13.2 Å². The number of nitrogens with zero attached hydrogens (tertiary/aromatic N) is 2. The summed E-state index contributed by atoms with van der Waals surface area (Å²) in [6.45, 7) is 6.07. The molecule has 0 spiro atoms. The summed E-state index contributed by atoms with van der Waals surface area (Å²) in [6, 6.07) is -0.0747. The van der Waals surface area contributed by atoms with Gasteiger partial charge in [-0.2, -0.15) is 5.10 Å². The molecule has 0 unspecified atom stereocenters. The number of amides is 1. The first-order chi connectivity index (χ1) is 9.34. The van der Waals surface area contributed by atoms with E-state index in [2.05, 4.69) is 10.4 Å². The monoisotopic (exact) mass is 299 g/mol. The van der Waals surface area contributed by atoms with Gasteiger partial charge in [-0.3, -0.25) is 9.48 Å². The van der Waals surface area contributed by atoms with Crippen LogP contribution >= 0.6 is 0 Å². The van der Waals surface area contributed by atoms with Gasteiger partial charge >= 0.3 is 0 Å². The van der Waals surface area contributed by atoms with Gasteiger partial charge < -0.3 is 5.32 Å². The van der Waals surface area contributed by atoms with Crippen molar-refractivity contribution in [2.45, 2.75) is 46.2 Å². The first-order valence-corrected chi connectivity index (χ1v) is 8.68. The highest BCUT2D eigenvalue weighted by Gasteiger charge is 2.31. The molecule has 20 heavy (non-hydrogen) atoms. The molecule has 1 N–H and O–H groups in total. The van der Waals surface area contributed by atoms with Gasteiger partial charge in [0.1, 0.15) is 0 Å². The van der Waals surface area contributed by atoms with Gasteiger partial charge in [-0.25, -0.2) is 8.42 Å². The van der Waals surface area contributed by atoms with Crippen LogP contribution in [0.15, 0.2) is 0 Å². The van der Waals surface area contributed by atoms with Gasteiger partial charge in [-0.1, -0.05) is 6.92 Å². The largest absolute Gasteiger partial charge is 0.352 e. The van der Waals surface area contributed by atoms with E-state index in [-0.39, 0.29) is 23.5 Å². The molecule has 1 saturated heterocycles. The summed E-state index contributed by atoms with van der Waals surface area (Å²) in [7, 11) is -2.92. The smallest absolute Gasteiger partial charge is 0.219 e. The van der Waals surface area contributed by atoms with Gasteiger partial charge in [0, 0.05) is 24.2 Å². The predicted octanol–water partition coefficient (Wildman–Crippen LogP) is 0.886. The Morgan fingerprint density at radius 3 is 2.70 bits per heavy atom. The third-order valence-corrected chi connectivity index (χ3v) is 5.56. The number of nitrogens with one attached hydrogen (secondary N) is 1. The van der Waals surface area contributed by atoms with Crippen LogP contribution in [0.5, 0.6) is 0 Å². The molecule has 1 aromatic heterocycles. The fourth-order valence-corrected chi connectivity index (χ4v) is 4.28. The van der Waals surface area contributed by atoms with Crippen LogP contribution < -0.4 is 5.32 Å². The average molecular weight is 299 g/mol. The van der Waals surface area contributed by atoms with E-state index in [1.807, 2.05) is 25.5 Å². The third kappa shape index (κ3) is 3.03. The van der Waals surface area contributed by atoms with Gasteiger partial charge in [0.15, 0.2) is 9.84 Å². The van der Waals surface area contributed by atoms with E-state index in [0.29, 0.717) is 19.4 Å². The van der Waals surface area contributed by atoms with Crippen molar-refractivity contribution in [2.75, 3.05) is 11.5 Å². The van der Waals surface area contributed by atoms with Crippen molar-refractivity contribution in [3.8, 4) is 0 Å². The summed E-state index contributed by atoms with van der Waals surface area (Å²) < 4.78 is 25.0. The minimum absolute atomic E-state index is 0.00000541. The average Bonchev–Trinajstić information content (AvgIpc) is 2.87. The van der Waals surface area contributed by atoms with Crippen LogP contribution in [-0.2, 0) is 21.2 Å². The highest BCUT2D eigenvalue weighted by molar-refractivity contribution is 7.91. The van der Waals surface area contributed by atoms with Crippen molar-refractivity contribution in [1.82, 2.24) is 15.1 Å². The van der Waals surface area contributed by atoms with Crippen molar-refractivity contribution < 1.29 is 13.2 Å². The Kier molecular flexibility index (Phi) is 4.17. The standard InChI is InChI=1S/C13H21N3O3S/c1-4-13(17)14-7-12-9(2)15-16(10(12)3)11-5-6-20(18,19)8-11/h11H,4-8H2,1-3H3,(H,14,17)/t11-/m1/s1. The summed E-state index contributed by atoms with van der Waals surface area (Å²) in [5.41, 5.74) is 2.78. The van der Waals surface area contributed by atoms with Crippen LogP contribution in [0.2, 0.25) is 0 Å². The Morgan fingerprint density at radius 1 is 1.45 bits per heavy atom. The molecule has 1 aliphatic heterocycles. The molecule has 1 aliphatic rings. The zero-order valence-electron chi connectivity index (χ0n) is 12.1.